The molecule has 0 N–H and O–H groups in total. The Kier molecular flexibility index (Phi) is 3.92. The summed E-state index contributed by atoms with van der Waals surface area (Å²) >= 11 is 0. The Hall–Kier alpha value is -3.19. The van der Waals surface area contributed by atoms with Gasteiger partial charge in [-0.15, -0.1) is 5.10 Å². The van der Waals surface area contributed by atoms with E-state index in [9.17, 15) is 0 Å². The first-order valence-electron chi connectivity index (χ1n) is 10.5. The molecule has 0 spiro atoms. The maximum absolute atomic E-state index is 5.92. The molecule has 0 aliphatic carbocycles. The quantitative estimate of drug-likeness (QED) is 0.526. The molecule has 2 unspecified atom stereocenters. The predicted molar refractivity (Wildman–Crippen MR) is 115 cm³/mol. The van der Waals surface area contributed by atoms with Crippen LogP contribution in [0.5, 0.6) is 0 Å². The maximum Gasteiger partial charge on any atom is 0.155 e. The lowest BCUT2D eigenvalue weighted by molar-refractivity contribution is 0.386. The molecule has 7 heteroatoms. The molecule has 2 fully saturated rings. The third-order valence-corrected chi connectivity index (χ3v) is 6.38. The zero-order valence-corrected chi connectivity index (χ0v) is 17.2. The van der Waals surface area contributed by atoms with Gasteiger partial charge in [-0.3, -0.25) is 4.98 Å². The smallest absolute Gasteiger partial charge is 0.155 e. The summed E-state index contributed by atoms with van der Waals surface area (Å²) in [4.78, 5) is 13.9. The van der Waals surface area contributed by atoms with Gasteiger partial charge < -0.3 is 14.2 Å². The van der Waals surface area contributed by atoms with Crippen molar-refractivity contribution in [1.82, 2.24) is 24.5 Å². The van der Waals surface area contributed by atoms with Crippen molar-refractivity contribution >= 4 is 11.5 Å². The van der Waals surface area contributed by atoms with E-state index in [0.717, 1.165) is 64.9 Å². The molecule has 0 amide bonds. The van der Waals surface area contributed by atoms with Gasteiger partial charge in [0.2, 0.25) is 0 Å². The molecular formula is C23H24N6O. The number of aromatic nitrogens is 4. The summed E-state index contributed by atoms with van der Waals surface area (Å²) in [6, 6.07) is 12.1. The van der Waals surface area contributed by atoms with Crippen molar-refractivity contribution in [3.05, 3.63) is 54.6 Å². The molecule has 2 aliphatic rings. The van der Waals surface area contributed by atoms with Crippen molar-refractivity contribution in [3.8, 4) is 22.7 Å². The van der Waals surface area contributed by atoms with Gasteiger partial charge in [0.05, 0.1) is 0 Å². The summed E-state index contributed by atoms with van der Waals surface area (Å²) in [7, 11) is 2.22. The van der Waals surface area contributed by atoms with Crippen molar-refractivity contribution in [3.63, 3.8) is 0 Å². The molecule has 2 atom stereocenters. The van der Waals surface area contributed by atoms with Crippen LogP contribution in [-0.4, -0.2) is 57.7 Å². The second-order valence-corrected chi connectivity index (χ2v) is 8.56. The van der Waals surface area contributed by atoms with E-state index in [-0.39, 0.29) is 0 Å². The molecule has 152 valence electrons. The average Bonchev–Trinajstić information content (AvgIpc) is 3.49. The summed E-state index contributed by atoms with van der Waals surface area (Å²) in [6.07, 6.45) is 3.60. The second-order valence-electron chi connectivity index (χ2n) is 8.56. The molecule has 6 heterocycles. The number of anilines is 1. The van der Waals surface area contributed by atoms with Crippen LogP contribution in [-0.2, 0) is 0 Å². The summed E-state index contributed by atoms with van der Waals surface area (Å²) in [5.41, 5.74) is 3.57. The first kappa shape index (κ1) is 17.7. The number of nitrogens with zero attached hydrogens (tertiary/aromatic N) is 6. The van der Waals surface area contributed by atoms with Crippen LogP contribution in [0.3, 0.4) is 0 Å². The fourth-order valence-corrected chi connectivity index (χ4v) is 5.01. The van der Waals surface area contributed by atoms with Crippen molar-refractivity contribution < 1.29 is 4.42 Å². The van der Waals surface area contributed by atoms with Crippen molar-refractivity contribution in [2.24, 2.45) is 11.8 Å². The largest absolute Gasteiger partial charge is 0.460 e. The highest BCUT2D eigenvalue weighted by molar-refractivity contribution is 5.79. The first-order valence-corrected chi connectivity index (χ1v) is 10.5. The Morgan fingerprint density at radius 2 is 1.70 bits per heavy atom. The molecule has 7 nitrogen and oxygen atoms in total. The molecular weight excluding hydrogens is 376 g/mol. The number of hydrogen-bond acceptors (Lipinski definition) is 6. The molecule has 0 aromatic carbocycles. The fourth-order valence-electron chi connectivity index (χ4n) is 5.01. The lowest BCUT2D eigenvalue weighted by Crippen LogP contribution is -2.27. The van der Waals surface area contributed by atoms with Crippen LogP contribution in [0.1, 0.15) is 5.76 Å². The van der Waals surface area contributed by atoms with Crippen molar-refractivity contribution in [2.45, 2.75) is 6.92 Å². The van der Waals surface area contributed by atoms with Crippen molar-refractivity contribution in [1.29, 1.82) is 0 Å². The van der Waals surface area contributed by atoms with Crippen LogP contribution in [0.2, 0.25) is 0 Å². The zero-order valence-electron chi connectivity index (χ0n) is 17.2. The minimum Gasteiger partial charge on any atom is -0.460 e. The van der Waals surface area contributed by atoms with Crippen LogP contribution in [0.25, 0.3) is 28.4 Å². The van der Waals surface area contributed by atoms with Crippen LogP contribution >= 0.6 is 0 Å². The van der Waals surface area contributed by atoms with Crippen molar-refractivity contribution in [2.75, 3.05) is 38.1 Å². The SMILES string of the molecule is Cc1ccc(-c2nc3ccc(N4CC5CN(C)CC5C4)nn3c2-c2ccncc2)o1. The van der Waals surface area contributed by atoms with Gasteiger partial charge in [-0.25, -0.2) is 9.50 Å². The van der Waals surface area contributed by atoms with Crippen LogP contribution < -0.4 is 4.90 Å². The number of pyridine rings is 1. The molecule has 30 heavy (non-hydrogen) atoms. The summed E-state index contributed by atoms with van der Waals surface area (Å²) < 4.78 is 7.87. The Labute approximate surface area is 175 Å². The van der Waals surface area contributed by atoms with E-state index in [4.69, 9.17) is 14.5 Å². The van der Waals surface area contributed by atoms with E-state index in [0.29, 0.717) is 0 Å². The maximum atomic E-state index is 5.92. The average molecular weight is 400 g/mol. The highest BCUT2D eigenvalue weighted by Crippen LogP contribution is 2.35. The van der Waals surface area contributed by atoms with Crippen LogP contribution in [0.4, 0.5) is 5.82 Å². The standard InChI is InChI=1S/C23H24N6O/c1-15-3-4-19(30-15)22-23(16-7-9-24-10-8-16)29-20(25-22)5-6-21(26-29)28-13-17-11-27(2)12-18(17)14-28/h3-10,17-18H,11-14H2,1-2H3. The van der Waals surface area contributed by atoms with Gasteiger partial charge in [0, 0.05) is 44.1 Å². The Morgan fingerprint density at radius 1 is 0.933 bits per heavy atom. The topological polar surface area (TPSA) is 62.7 Å². The van der Waals surface area contributed by atoms with E-state index < -0.39 is 0 Å². The molecule has 2 saturated heterocycles. The molecule has 2 aliphatic heterocycles. The summed E-state index contributed by atoms with van der Waals surface area (Å²) in [5, 5.41) is 5.04. The monoisotopic (exact) mass is 400 g/mol. The number of imidazole rings is 1. The Morgan fingerprint density at radius 3 is 2.40 bits per heavy atom. The van der Waals surface area contributed by atoms with Gasteiger partial charge >= 0.3 is 0 Å². The van der Waals surface area contributed by atoms with E-state index in [1.807, 2.05) is 35.7 Å². The summed E-state index contributed by atoms with van der Waals surface area (Å²) in [6.45, 7) is 6.44. The van der Waals surface area contributed by atoms with Gasteiger partial charge in [-0.1, -0.05) is 0 Å². The lowest BCUT2D eigenvalue weighted by atomic mass is 10.0. The van der Waals surface area contributed by atoms with E-state index in [1.165, 1.54) is 13.1 Å². The van der Waals surface area contributed by atoms with E-state index in [1.54, 1.807) is 12.4 Å². The molecule has 4 aromatic rings. The number of rotatable bonds is 3. The highest BCUT2D eigenvalue weighted by atomic mass is 16.3. The lowest BCUT2D eigenvalue weighted by Gasteiger charge is -2.20. The summed E-state index contributed by atoms with van der Waals surface area (Å²) in [5.74, 6) is 4.10. The minimum atomic E-state index is 0.733. The van der Waals surface area contributed by atoms with Crippen LogP contribution in [0.15, 0.2) is 53.2 Å². The third-order valence-electron chi connectivity index (χ3n) is 6.38. The molecule has 0 saturated carbocycles. The molecule has 0 bridgehead atoms. The van der Waals surface area contributed by atoms with Gasteiger partial charge in [0.1, 0.15) is 23.0 Å². The molecule has 6 rings (SSSR count). The number of likely N-dealkylation sites (tertiary alicyclic amines) is 1. The van der Waals surface area contributed by atoms with Crippen LogP contribution in [0, 0.1) is 18.8 Å². The Bertz CT molecular complexity index is 1200. The van der Waals surface area contributed by atoms with Gasteiger partial charge in [0.25, 0.3) is 0 Å². The van der Waals surface area contributed by atoms with Gasteiger partial charge in [-0.05, 0) is 62.2 Å². The number of aryl methyl sites for hydroxylation is 1. The number of fused-ring (bicyclic) bond motifs is 2. The third kappa shape index (κ3) is 2.81. The fraction of sp³-hybridized carbons (Fsp3) is 0.348. The predicted octanol–water partition coefficient (Wildman–Crippen LogP) is 3.36. The normalized spacial score (nSPS) is 21.6. The first-order chi connectivity index (χ1) is 14.7. The second kappa shape index (κ2) is 6.67. The molecule has 4 aromatic heterocycles. The zero-order chi connectivity index (χ0) is 20.2. The number of hydrogen-bond donors (Lipinski definition) is 0. The number of furan rings is 1. The molecule has 0 radical (unpaired) electrons. The van der Waals surface area contributed by atoms with Gasteiger partial charge in [0.15, 0.2) is 11.4 Å². The van der Waals surface area contributed by atoms with Gasteiger partial charge in [-0.2, -0.15) is 0 Å². The highest BCUT2D eigenvalue weighted by Gasteiger charge is 2.39. The van der Waals surface area contributed by atoms with E-state index >= 15 is 0 Å². The minimum absolute atomic E-state index is 0.733. The Balaban J connectivity index is 1.47. The van der Waals surface area contributed by atoms with E-state index in [2.05, 4.69) is 34.0 Å².